The normalized spacial score (nSPS) is 11.0. The molecule has 20 heavy (non-hydrogen) atoms. The second kappa shape index (κ2) is 7.50. The fraction of sp³-hybridized carbons (Fsp3) is 0.538. The fourth-order valence-electron chi connectivity index (χ4n) is 1.32. The molecule has 0 bridgehead atoms. The monoisotopic (exact) mass is 318 g/mol. The molecule has 0 fully saturated rings. The van der Waals surface area contributed by atoms with Gasteiger partial charge in [-0.2, -0.15) is 0 Å². The van der Waals surface area contributed by atoms with Crippen LogP contribution < -0.4 is 10.6 Å². The molecule has 2 N–H and O–H groups in total. The summed E-state index contributed by atoms with van der Waals surface area (Å²) in [5.41, 5.74) is -0.503. The Morgan fingerprint density at radius 3 is 2.45 bits per heavy atom. The van der Waals surface area contributed by atoms with Gasteiger partial charge < -0.3 is 15.4 Å². The summed E-state index contributed by atoms with van der Waals surface area (Å²) >= 11 is 6.99. The van der Waals surface area contributed by atoms with Crippen molar-refractivity contribution in [1.82, 2.24) is 10.6 Å². The van der Waals surface area contributed by atoms with Gasteiger partial charge in [-0.3, -0.25) is 4.79 Å². The first-order valence-electron chi connectivity index (χ1n) is 6.28. The fourth-order valence-corrected chi connectivity index (χ4v) is 2.28. The van der Waals surface area contributed by atoms with Crippen LogP contribution in [-0.4, -0.2) is 30.7 Å². The minimum atomic E-state index is -0.503. The minimum Gasteiger partial charge on any atom is -0.444 e. The molecule has 112 valence electrons. The third kappa shape index (κ3) is 6.77. The summed E-state index contributed by atoms with van der Waals surface area (Å²) in [4.78, 5) is 23.6. The predicted molar refractivity (Wildman–Crippen MR) is 80.5 cm³/mol. The molecule has 0 spiro atoms. The van der Waals surface area contributed by atoms with Crippen molar-refractivity contribution in [3.05, 3.63) is 21.3 Å². The summed E-state index contributed by atoms with van der Waals surface area (Å²) in [5, 5.41) is 5.38. The zero-order valence-corrected chi connectivity index (χ0v) is 13.4. The number of nitrogens with one attached hydrogen (secondary N) is 2. The van der Waals surface area contributed by atoms with Gasteiger partial charge in [-0.1, -0.05) is 11.6 Å². The van der Waals surface area contributed by atoms with Crippen LogP contribution in [0, 0.1) is 0 Å². The molecule has 1 aromatic heterocycles. The van der Waals surface area contributed by atoms with Gasteiger partial charge in [0, 0.05) is 13.1 Å². The summed E-state index contributed by atoms with van der Waals surface area (Å²) in [7, 11) is 0. The number of ether oxygens (including phenoxy) is 1. The highest BCUT2D eigenvalue weighted by atomic mass is 35.5. The lowest BCUT2D eigenvalue weighted by atomic mass is 10.2. The third-order valence-corrected chi connectivity index (χ3v) is 3.33. The van der Waals surface area contributed by atoms with Crippen LogP contribution in [0.15, 0.2) is 12.1 Å². The maximum absolute atomic E-state index is 11.7. The van der Waals surface area contributed by atoms with Crippen molar-refractivity contribution in [2.45, 2.75) is 32.8 Å². The van der Waals surface area contributed by atoms with Gasteiger partial charge in [-0.25, -0.2) is 4.79 Å². The molecular formula is C13H19ClN2O3S. The number of amides is 2. The van der Waals surface area contributed by atoms with Gasteiger partial charge in [-0.05, 0) is 39.3 Å². The van der Waals surface area contributed by atoms with Crippen molar-refractivity contribution >= 4 is 34.9 Å². The molecule has 1 rings (SSSR count). The molecule has 0 saturated carbocycles. The van der Waals surface area contributed by atoms with Gasteiger partial charge in [0.05, 0.1) is 9.21 Å². The van der Waals surface area contributed by atoms with Gasteiger partial charge in [0.25, 0.3) is 5.91 Å². The highest BCUT2D eigenvalue weighted by Gasteiger charge is 2.15. The first-order chi connectivity index (χ1) is 9.28. The quantitative estimate of drug-likeness (QED) is 0.820. The highest BCUT2D eigenvalue weighted by Crippen LogP contribution is 2.20. The molecule has 7 heteroatoms. The van der Waals surface area contributed by atoms with Gasteiger partial charge in [-0.15, -0.1) is 11.3 Å². The van der Waals surface area contributed by atoms with E-state index < -0.39 is 11.7 Å². The van der Waals surface area contributed by atoms with E-state index in [0.29, 0.717) is 28.7 Å². The Kier molecular flexibility index (Phi) is 6.29. The summed E-state index contributed by atoms with van der Waals surface area (Å²) < 4.78 is 5.67. The Bertz CT molecular complexity index is 468. The van der Waals surface area contributed by atoms with Crippen molar-refractivity contribution < 1.29 is 14.3 Å². The second-order valence-electron chi connectivity index (χ2n) is 5.14. The lowest BCUT2D eigenvalue weighted by Gasteiger charge is -2.19. The van der Waals surface area contributed by atoms with E-state index in [2.05, 4.69) is 10.6 Å². The van der Waals surface area contributed by atoms with Crippen molar-refractivity contribution in [3.63, 3.8) is 0 Å². The first kappa shape index (κ1) is 16.8. The molecule has 0 radical (unpaired) electrons. The Balaban J connectivity index is 2.13. The van der Waals surface area contributed by atoms with E-state index in [1.807, 2.05) is 0 Å². The van der Waals surface area contributed by atoms with Crippen molar-refractivity contribution in [2.24, 2.45) is 0 Å². The number of hydrogen-bond acceptors (Lipinski definition) is 4. The number of alkyl carbamates (subject to hydrolysis) is 1. The molecule has 5 nitrogen and oxygen atoms in total. The van der Waals surface area contributed by atoms with Crippen molar-refractivity contribution in [3.8, 4) is 0 Å². The molecule has 0 aliphatic carbocycles. The van der Waals surface area contributed by atoms with Crippen molar-refractivity contribution in [2.75, 3.05) is 13.1 Å². The van der Waals surface area contributed by atoms with Crippen LogP contribution >= 0.6 is 22.9 Å². The predicted octanol–water partition coefficient (Wildman–Crippen LogP) is 3.05. The highest BCUT2D eigenvalue weighted by molar-refractivity contribution is 7.17. The average molecular weight is 319 g/mol. The standard InChI is InChI=1S/C13H19ClN2O3S/c1-13(2,3)19-12(18)16-8-4-7-15-11(17)9-5-6-10(14)20-9/h5-6H,4,7-8H2,1-3H3,(H,15,17)(H,16,18). The maximum Gasteiger partial charge on any atom is 0.407 e. The first-order valence-corrected chi connectivity index (χ1v) is 7.48. The van der Waals surface area contributed by atoms with E-state index in [0.717, 1.165) is 0 Å². The molecule has 0 atom stereocenters. The Morgan fingerprint density at radius 1 is 1.25 bits per heavy atom. The molecule has 0 unspecified atom stereocenters. The summed E-state index contributed by atoms with van der Waals surface area (Å²) in [6.07, 6.45) is 0.179. The van der Waals surface area contributed by atoms with Crippen LogP contribution in [-0.2, 0) is 4.74 Å². The van der Waals surface area contributed by atoms with Crippen LogP contribution in [0.3, 0.4) is 0 Å². The smallest absolute Gasteiger partial charge is 0.407 e. The van der Waals surface area contributed by atoms with Crippen LogP contribution in [0.25, 0.3) is 0 Å². The van der Waals surface area contributed by atoms with E-state index in [9.17, 15) is 9.59 Å². The molecule has 1 heterocycles. The van der Waals surface area contributed by atoms with Crippen LogP contribution in [0.1, 0.15) is 36.9 Å². The summed E-state index contributed by atoms with van der Waals surface area (Å²) in [6.45, 7) is 6.33. The van der Waals surface area contributed by atoms with Crippen LogP contribution in [0.2, 0.25) is 4.34 Å². The Labute approximate surface area is 127 Å². The third-order valence-electron chi connectivity index (χ3n) is 2.10. The largest absolute Gasteiger partial charge is 0.444 e. The number of halogens is 1. The molecular weight excluding hydrogens is 300 g/mol. The number of hydrogen-bond donors (Lipinski definition) is 2. The van der Waals surface area contributed by atoms with E-state index in [1.54, 1.807) is 32.9 Å². The zero-order chi connectivity index (χ0) is 15.2. The van der Waals surface area contributed by atoms with Crippen molar-refractivity contribution in [1.29, 1.82) is 0 Å². The second-order valence-corrected chi connectivity index (χ2v) is 6.86. The number of carbonyl (C=O) groups is 2. The van der Waals surface area contributed by atoms with Crippen LogP contribution in [0.4, 0.5) is 4.79 Å². The lowest BCUT2D eigenvalue weighted by Crippen LogP contribution is -2.34. The van der Waals surface area contributed by atoms with Gasteiger partial charge in [0.15, 0.2) is 0 Å². The number of rotatable bonds is 5. The topological polar surface area (TPSA) is 67.4 Å². The van der Waals surface area contributed by atoms with Gasteiger partial charge >= 0.3 is 6.09 Å². The molecule has 1 aromatic rings. The molecule has 0 aliphatic rings. The van der Waals surface area contributed by atoms with Crippen LogP contribution in [0.5, 0.6) is 0 Å². The number of carbonyl (C=O) groups excluding carboxylic acids is 2. The minimum absolute atomic E-state index is 0.154. The average Bonchev–Trinajstić information content (AvgIpc) is 2.73. The van der Waals surface area contributed by atoms with E-state index in [4.69, 9.17) is 16.3 Å². The summed E-state index contributed by atoms with van der Waals surface area (Å²) in [5.74, 6) is -0.154. The van der Waals surface area contributed by atoms with E-state index >= 15 is 0 Å². The zero-order valence-electron chi connectivity index (χ0n) is 11.8. The number of thiophene rings is 1. The lowest BCUT2D eigenvalue weighted by molar-refractivity contribution is 0.0527. The van der Waals surface area contributed by atoms with E-state index in [-0.39, 0.29) is 5.91 Å². The Hall–Kier alpha value is -1.27. The summed E-state index contributed by atoms with van der Waals surface area (Å²) in [6, 6.07) is 3.37. The molecule has 0 saturated heterocycles. The maximum atomic E-state index is 11.7. The molecule has 2 amide bonds. The van der Waals surface area contributed by atoms with E-state index in [1.165, 1.54) is 11.3 Å². The molecule has 0 aromatic carbocycles. The van der Waals surface area contributed by atoms with Gasteiger partial charge in [0.1, 0.15) is 5.60 Å². The van der Waals surface area contributed by atoms with Gasteiger partial charge in [0.2, 0.25) is 0 Å². The Morgan fingerprint density at radius 2 is 1.90 bits per heavy atom. The molecule has 0 aliphatic heterocycles. The SMILES string of the molecule is CC(C)(C)OC(=O)NCCCNC(=O)c1ccc(Cl)s1.